The quantitative estimate of drug-likeness (QED) is 0.741. The smallest absolute Gasteiger partial charge is 0.409 e. The van der Waals surface area contributed by atoms with Gasteiger partial charge in [-0.3, -0.25) is 19.3 Å². The molecule has 1 fully saturated rings. The van der Waals surface area contributed by atoms with Gasteiger partial charge in [-0.25, -0.2) is 4.79 Å². The van der Waals surface area contributed by atoms with E-state index in [9.17, 15) is 19.2 Å². The van der Waals surface area contributed by atoms with Crippen LogP contribution in [0.3, 0.4) is 0 Å². The number of rotatable bonds is 2. The number of carbonyl (C=O) groups excluding carboxylic acids is 4. The zero-order chi connectivity index (χ0) is 18.1. The highest BCUT2D eigenvalue weighted by Crippen LogP contribution is 2.23. The first-order valence-corrected chi connectivity index (χ1v) is 8.11. The number of hydrogen-bond acceptors (Lipinski definition) is 5. The topological polar surface area (TPSA) is 87.2 Å². The van der Waals surface area contributed by atoms with Gasteiger partial charge in [0, 0.05) is 38.8 Å². The van der Waals surface area contributed by atoms with Crippen LogP contribution in [0.5, 0.6) is 0 Å². The van der Waals surface area contributed by atoms with Gasteiger partial charge in [0.15, 0.2) is 0 Å². The number of ether oxygens (including phenoxy) is 1. The molecule has 2 heterocycles. The maximum Gasteiger partial charge on any atom is 0.409 e. The first-order valence-electron chi connectivity index (χ1n) is 8.11. The van der Waals surface area contributed by atoms with Crippen LogP contribution in [0.15, 0.2) is 18.2 Å². The van der Waals surface area contributed by atoms with Crippen LogP contribution in [0.4, 0.5) is 4.79 Å². The van der Waals surface area contributed by atoms with E-state index in [1.165, 1.54) is 19.2 Å². The summed E-state index contributed by atoms with van der Waals surface area (Å²) in [4.78, 5) is 52.5. The van der Waals surface area contributed by atoms with Crippen molar-refractivity contribution in [3.05, 3.63) is 34.9 Å². The molecule has 0 radical (unpaired) electrons. The second-order valence-corrected chi connectivity index (χ2v) is 5.91. The molecule has 0 aliphatic carbocycles. The molecule has 0 aromatic heterocycles. The standard InChI is InChI=1S/C17H19N3O5/c1-3-25-17(24)20-8-6-19(7-9-20)14(21)11-4-5-12-13(10-11)16(23)18(2)15(12)22/h4-5,10H,3,6-9H2,1-2H3. The zero-order valence-corrected chi connectivity index (χ0v) is 14.2. The van der Waals surface area contributed by atoms with Crippen molar-refractivity contribution in [1.82, 2.24) is 14.7 Å². The number of carbonyl (C=O) groups is 4. The molecule has 2 aliphatic heterocycles. The molecule has 1 aromatic rings. The van der Waals surface area contributed by atoms with Crippen LogP contribution in [0.25, 0.3) is 0 Å². The lowest BCUT2D eigenvalue weighted by Gasteiger charge is -2.34. The van der Waals surface area contributed by atoms with Crippen molar-refractivity contribution in [1.29, 1.82) is 0 Å². The third kappa shape index (κ3) is 2.95. The lowest BCUT2D eigenvalue weighted by Crippen LogP contribution is -2.50. The van der Waals surface area contributed by atoms with Crippen molar-refractivity contribution in [2.45, 2.75) is 6.92 Å². The molecular formula is C17H19N3O5. The summed E-state index contributed by atoms with van der Waals surface area (Å²) < 4.78 is 4.95. The minimum Gasteiger partial charge on any atom is -0.450 e. The molecular weight excluding hydrogens is 326 g/mol. The number of hydrogen-bond donors (Lipinski definition) is 0. The van der Waals surface area contributed by atoms with Gasteiger partial charge in [0.1, 0.15) is 0 Å². The molecule has 132 valence electrons. The van der Waals surface area contributed by atoms with E-state index in [1.54, 1.807) is 22.8 Å². The molecule has 8 nitrogen and oxygen atoms in total. The van der Waals surface area contributed by atoms with Gasteiger partial charge in [0.05, 0.1) is 17.7 Å². The van der Waals surface area contributed by atoms with E-state index in [-0.39, 0.29) is 23.5 Å². The summed E-state index contributed by atoms with van der Waals surface area (Å²) in [6.07, 6.45) is -0.376. The average Bonchev–Trinajstić information content (AvgIpc) is 2.85. The SMILES string of the molecule is CCOC(=O)N1CCN(C(=O)c2ccc3c(c2)C(=O)N(C)C3=O)CC1. The van der Waals surface area contributed by atoms with E-state index < -0.39 is 5.91 Å². The van der Waals surface area contributed by atoms with Crippen molar-refractivity contribution in [3.8, 4) is 0 Å². The summed E-state index contributed by atoms with van der Waals surface area (Å²) in [6.45, 7) is 3.64. The van der Waals surface area contributed by atoms with E-state index in [4.69, 9.17) is 4.74 Å². The highest BCUT2D eigenvalue weighted by molar-refractivity contribution is 6.21. The highest BCUT2D eigenvalue weighted by Gasteiger charge is 2.34. The third-order valence-corrected chi connectivity index (χ3v) is 4.43. The molecule has 3 rings (SSSR count). The van der Waals surface area contributed by atoms with Gasteiger partial charge in [-0.1, -0.05) is 0 Å². The Bertz CT molecular complexity index is 753. The van der Waals surface area contributed by atoms with Crippen LogP contribution in [0.1, 0.15) is 38.0 Å². The Morgan fingerprint density at radius 1 is 1.00 bits per heavy atom. The van der Waals surface area contributed by atoms with Crippen molar-refractivity contribution in [3.63, 3.8) is 0 Å². The molecule has 0 saturated carbocycles. The van der Waals surface area contributed by atoms with Crippen molar-refractivity contribution in [2.75, 3.05) is 39.8 Å². The molecule has 25 heavy (non-hydrogen) atoms. The fourth-order valence-electron chi connectivity index (χ4n) is 2.98. The number of benzene rings is 1. The van der Waals surface area contributed by atoms with Gasteiger partial charge in [-0.05, 0) is 25.1 Å². The van der Waals surface area contributed by atoms with Gasteiger partial charge in [-0.2, -0.15) is 0 Å². The minimum absolute atomic E-state index is 0.221. The Kier molecular flexibility index (Phi) is 4.43. The lowest BCUT2D eigenvalue weighted by molar-refractivity contribution is 0.0570. The van der Waals surface area contributed by atoms with E-state index in [1.807, 2.05) is 0 Å². The highest BCUT2D eigenvalue weighted by atomic mass is 16.6. The molecule has 0 N–H and O–H groups in total. The first-order chi connectivity index (χ1) is 11.9. The fourth-order valence-corrected chi connectivity index (χ4v) is 2.98. The monoisotopic (exact) mass is 345 g/mol. The van der Waals surface area contributed by atoms with Gasteiger partial charge in [-0.15, -0.1) is 0 Å². The van der Waals surface area contributed by atoms with E-state index in [0.717, 1.165) is 4.90 Å². The predicted molar refractivity (Wildman–Crippen MR) is 87.4 cm³/mol. The first kappa shape index (κ1) is 16.9. The lowest BCUT2D eigenvalue weighted by atomic mass is 10.0. The van der Waals surface area contributed by atoms with Gasteiger partial charge in [0.2, 0.25) is 0 Å². The fraction of sp³-hybridized carbons (Fsp3) is 0.412. The summed E-state index contributed by atoms with van der Waals surface area (Å²) >= 11 is 0. The number of amides is 4. The number of imide groups is 1. The van der Waals surface area contributed by atoms with Crippen LogP contribution < -0.4 is 0 Å². The van der Waals surface area contributed by atoms with Crippen LogP contribution in [-0.4, -0.2) is 78.3 Å². The van der Waals surface area contributed by atoms with Gasteiger partial charge in [0.25, 0.3) is 17.7 Å². The number of piperazine rings is 1. The molecule has 0 bridgehead atoms. The summed E-state index contributed by atoms with van der Waals surface area (Å²) in [7, 11) is 1.42. The maximum atomic E-state index is 12.7. The molecule has 0 spiro atoms. The average molecular weight is 345 g/mol. The van der Waals surface area contributed by atoms with E-state index in [2.05, 4.69) is 0 Å². The minimum atomic E-state index is -0.401. The number of fused-ring (bicyclic) bond motifs is 1. The normalized spacial score (nSPS) is 17.0. The largest absolute Gasteiger partial charge is 0.450 e. The molecule has 2 aliphatic rings. The molecule has 1 aromatic carbocycles. The van der Waals surface area contributed by atoms with Crippen LogP contribution in [0.2, 0.25) is 0 Å². The van der Waals surface area contributed by atoms with Gasteiger partial charge >= 0.3 is 6.09 Å². The Labute approximate surface area is 144 Å². The summed E-state index contributed by atoms with van der Waals surface area (Å²) in [5.74, 6) is -0.982. The van der Waals surface area contributed by atoms with Crippen molar-refractivity contribution >= 4 is 23.8 Å². The Morgan fingerprint density at radius 2 is 1.60 bits per heavy atom. The Morgan fingerprint density at radius 3 is 2.24 bits per heavy atom. The summed E-state index contributed by atoms with van der Waals surface area (Å²) in [6, 6.07) is 4.55. The van der Waals surface area contributed by atoms with Crippen LogP contribution in [-0.2, 0) is 4.74 Å². The third-order valence-electron chi connectivity index (χ3n) is 4.43. The number of nitrogens with zero attached hydrogens (tertiary/aromatic N) is 3. The summed E-state index contributed by atoms with van der Waals surface area (Å²) in [5, 5.41) is 0. The summed E-state index contributed by atoms with van der Waals surface area (Å²) in [5.41, 5.74) is 0.930. The Balaban J connectivity index is 1.70. The predicted octanol–water partition coefficient (Wildman–Crippen LogP) is 0.827. The van der Waals surface area contributed by atoms with Crippen molar-refractivity contribution in [2.24, 2.45) is 0 Å². The molecule has 0 atom stereocenters. The second-order valence-electron chi connectivity index (χ2n) is 5.91. The van der Waals surface area contributed by atoms with Gasteiger partial charge < -0.3 is 14.5 Å². The molecule has 4 amide bonds. The molecule has 0 unspecified atom stereocenters. The second kappa shape index (κ2) is 6.54. The Hall–Kier alpha value is -2.90. The van der Waals surface area contributed by atoms with E-state index in [0.29, 0.717) is 43.9 Å². The molecule has 1 saturated heterocycles. The van der Waals surface area contributed by atoms with Crippen molar-refractivity contribution < 1.29 is 23.9 Å². The van der Waals surface area contributed by atoms with E-state index >= 15 is 0 Å². The maximum absolute atomic E-state index is 12.7. The van der Waals surface area contributed by atoms with Crippen LogP contribution in [0, 0.1) is 0 Å². The zero-order valence-electron chi connectivity index (χ0n) is 14.2. The van der Waals surface area contributed by atoms with Crippen LogP contribution >= 0.6 is 0 Å². The molecule has 8 heteroatoms.